The zero-order valence-corrected chi connectivity index (χ0v) is 16.6. The molecule has 3 rings (SSSR count). The Morgan fingerprint density at radius 1 is 1.26 bits per heavy atom. The third-order valence-electron chi connectivity index (χ3n) is 5.26. The molecule has 3 N–H and O–H groups in total. The zero-order valence-electron chi connectivity index (χ0n) is 16.6. The third-order valence-corrected chi connectivity index (χ3v) is 5.26. The summed E-state index contributed by atoms with van der Waals surface area (Å²) in [6.07, 6.45) is 5.77. The van der Waals surface area contributed by atoms with Crippen molar-refractivity contribution in [2.24, 2.45) is 4.99 Å². The molecular formula is C21H31N5O. The highest BCUT2D eigenvalue weighted by molar-refractivity contribution is 5.86. The van der Waals surface area contributed by atoms with E-state index in [1.54, 1.807) is 19.0 Å². The summed E-state index contributed by atoms with van der Waals surface area (Å²) in [6.45, 7) is 3.06. The van der Waals surface area contributed by atoms with Gasteiger partial charge in [-0.05, 0) is 37.8 Å². The smallest absolute Gasteiger partial charge is 0.243 e. The lowest BCUT2D eigenvalue weighted by atomic mass is 10.1. The van der Waals surface area contributed by atoms with Gasteiger partial charge >= 0.3 is 0 Å². The molecule has 1 amide bonds. The molecule has 0 atom stereocenters. The molecule has 2 aromatic rings. The van der Waals surface area contributed by atoms with Crippen LogP contribution in [0.1, 0.15) is 36.9 Å². The average Bonchev–Trinajstić information content (AvgIpc) is 3.26. The number of hydrogen-bond acceptors (Lipinski definition) is 2. The van der Waals surface area contributed by atoms with E-state index in [2.05, 4.69) is 51.8 Å². The number of nitrogens with one attached hydrogen (secondary N) is 3. The van der Waals surface area contributed by atoms with Crippen molar-refractivity contribution in [3.05, 3.63) is 35.5 Å². The number of fused-ring (bicyclic) bond motifs is 1. The number of H-pyrrole nitrogens is 1. The minimum Gasteiger partial charge on any atom is -0.358 e. The summed E-state index contributed by atoms with van der Waals surface area (Å²) in [5.41, 5.74) is 3.73. The topological polar surface area (TPSA) is 72.5 Å². The summed E-state index contributed by atoms with van der Waals surface area (Å²) in [6, 6.07) is 8.86. The molecule has 1 aliphatic carbocycles. The number of nitrogens with zero attached hydrogens (tertiary/aromatic N) is 2. The van der Waals surface area contributed by atoms with Crippen LogP contribution < -0.4 is 10.6 Å². The van der Waals surface area contributed by atoms with Crippen molar-refractivity contribution in [1.29, 1.82) is 0 Å². The van der Waals surface area contributed by atoms with Gasteiger partial charge in [0.1, 0.15) is 6.54 Å². The number of amides is 1. The number of aromatic amines is 1. The highest BCUT2D eigenvalue weighted by Crippen LogP contribution is 2.22. The van der Waals surface area contributed by atoms with Gasteiger partial charge in [-0.25, -0.2) is 4.99 Å². The molecule has 0 saturated heterocycles. The molecule has 1 fully saturated rings. The van der Waals surface area contributed by atoms with Gasteiger partial charge in [0, 0.05) is 43.3 Å². The number of aromatic nitrogens is 1. The summed E-state index contributed by atoms with van der Waals surface area (Å²) in [5, 5.41) is 8.21. The van der Waals surface area contributed by atoms with Crippen molar-refractivity contribution in [1.82, 2.24) is 20.5 Å². The van der Waals surface area contributed by atoms with Crippen LogP contribution in [0.5, 0.6) is 0 Å². The molecule has 6 nitrogen and oxygen atoms in total. The van der Waals surface area contributed by atoms with E-state index in [9.17, 15) is 4.79 Å². The molecule has 0 radical (unpaired) electrons. The number of carbonyl (C=O) groups is 1. The SMILES string of the molecule is Cc1[nH]c2ccccc2c1CCNC(=NCC(=O)N(C)C)NC1CCCC1. The maximum absolute atomic E-state index is 11.9. The lowest BCUT2D eigenvalue weighted by Gasteiger charge is -2.18. The second kappa shape index (κ2) is 8.93. The van der Waals surface area contributed by atoms with Gasteiger partial charge in [-0.15, -0.1) is 0 Å². The zero-order chi connectivity index (χ0) is 19.2. The van der Waals surface area contributed by atoms with Crippen molar-refractivity contribution in [2.45, 2.75) is 45.1 Å². The van der Waals surface area contributed by atoms with Crippen LogP contribution in [0.3, 0.4) is 0 Å². The van der Waals surface area contributed by atoms with Crippen LogP contribution in [0.25, 0.3) is 10.9 Å². The van der Waals surface area contributed by atoms with Gasteiger partial charge in [-0.2, -0.15) is 0 Å². The van der Waals surface area contributed by atoms with Crippen molar-refractivity contribution in [2.75, 3.05) is 27.2 Å². The number of carbonyl (C=O) groups excluding carboxylic acids is 1. The number of aryl methyl sites for hydroxylation is 1. The standard InChI is InChI=1S/C21H31N5O/c1-15-17(18-10-6-7-11-19(18)24-15)12-13-22-21(23-14-20(27)26(2)3)25-16-8-4-5-9-16/h6-7,10-11,16,24H,4-5,8-9,12-14H2,1-3H3,(H2,22,23,25). The number of guanidine groups is 1. The second-order valence-electron chi connectivity index (χ2n) is 7.53. The van der Waals surface area contributed by atoms with Crippen molar-refractivity contribution >= 4 is 22.8 Å². The summed E-state index contributed by atoms with van der Waals surface area (Å²) >= 11 is 0. The van der Waals surface area contributed by atoms with E-state index in [0.29, 0.717) is 6.04 Å². The van der Waals surface area contributed by atoms with Crippen LogP contribution in [-0.2, 0) is 11.2 Å². The normalized spacial score (nSPS) is 15.3. The van der Waals surface area contributed by atoms with Gasteiger partial charge in [0.2, 0.25) is 5.91 Å². The van der Waals surface area contributed by atoms with Gasteiger partial charge in [0.15, 0.2) is 5.96 Å². The number of benzene rings is 1. The molecule has 146 valence electrons. The van der Waals surface area contributed by atoms with Gasteiger partial charge < -0.3 is 20.5 Å². The number of rotatable bonds is 6. The Morgan fingerprint density at radius 3 is 2.74 bits per heavy atom. The first-order chi connectivity index (χ1) is 13.0. The Kier molecular flexibility index (Phi) is 6.37. The first-order valence-electron chi connectivity index (χ1n) is 9.86. The largest absolute Gasteiger partial charge is 0.358 e. The lowest BCUT2D eigenvalue weighted by molar-refractivity contribution is -0.127. The summed E-state index contributed by atoms with van der Waals surface area (Å²) < 4.78 is 0. The fourth-order valence-electron chi connectivity index (χ4n) is 3.67. The van der Waals surface area contributed by atoms with Crippen molar-refractivity contribution in [3.8, 4) is 0 Å². The predicted octanol–water partition coefficient (Wildman–Crippen LogP) is 2.58. The van der Waals surface area contributed by atoms with Crippen LogP contribution in [0, 0.1) is 6.92 Å². The van der Waals surface area contributed by atoms with E-state index in [1.807, 2.05) is 0 Å². The molecular weight excluding hydrogens is 338 g/mol. The second-order valence-corrected chi connectivity index (χ2v) is 7.53. The Hall–Kier alpha value is -2.50. The van der Waals surface area contributed by atoms with E-state index < -0.39 is 0 Å². The Morgan fingerprint density at radius 2 is 2.00 bits per heavy atom. The summed E-state index contributed by atoms with van der Waals surface area (Å²) in [4.78, 5) is 21.4. The van der Waals surface area contributed by atoms with E-state index in [-0.39, 0.29) is 12.5 Å². The fourth-order valence-corrected chi connectivity index (χ4v) is 3.67. The Balaban J connectivity index is 1.63. The quantitative estimate of drug-likeness (QED) is 0.541. The maximum Gasteiger partial charge on any atom is 0.243 e. The Labute approximate surface area is 161 Å². The first-order valence-corrected chi connectivity index (χ1v) is 9.86. The summed E-state index contributed by atoms with van der Waals surface area (Å²) in [5.74, 6) is 0.754. The summed E-state index contributed by atoms with van der Waals surface area (Å²) in [7, 11) is 3.52. The van der Waals surface area contributed by atoms with Crippen LogP contribution in [0.4, 0.5) is 0 Å². The van der Waals surface area contributed by atoms with Gasteiger partial charge in [0.05, 0.1) is 0 Å². The van der Waals surface area contributed by atoms with Crippen molar-refractivity contribution < 1.29 is 4.79 Å². The molecule has 0 spiro atoms. The van der Waals surface area contributed by atoms with Crippen LogP contribution in [0.15, 0.2) is 29.3 Å². The van der Waals surface area contributed by atoms with Crippen LogP contribution >= 0.6 is 0 Å². The monoisotopic (exact) mass is 369 g/mol. The van der Waals surface area contributed by atoms with E-state index >= 15 is 0 Å². The maximum atomic E-state index is 11.9. The highest BCUT2D eigenvalue weighted by atomic mass is 16.2. The first kappa shape index (κ1) is 19.3. The molecule has 1 aromatic heterocycles. The molecule has 1 aliphatic rings. The minimum atomic E-state index is 0.00925. The fraction of sp³-hybridized carbons (Fsp3) is 0.524. The molecule has 1 aromatic carbocycles. The van der Waals surface area contributed by atoms with Crippen LogP contribution in [-0.4, -0.2) is 55.0 Å². The van der Waals surface area contributed by atoms with E-state index in [4.69, 9.17) is 0 Å². The third kappa shape index (κ3) is 5.02. The number of hydrogen-bond donors (Lipinski definition) is 3. The molecule has 0 unspecified atom stereocenters. The lowest BCUT2D eigenvalue weighted by Crippen LogP contribution is -2.43. The Bertz CT molecular complexity index is 802. The molecule has 27 heavy (non-hydrogen) atoms. The van der Waals surface area contributed by atoms with Crippen LogP contribution in [0.2, 0.25) is 0 Å². The van der Waals surface area contributed by atoms with E-state index in [0.717, 1.165) is 18.9 Å². The number of para-hydroxylation sites is 1. The number of likely N-dealkylation sites (N-methyl/N-ethyl adjacent to an activating group) is 1. The molecule has 0 aliphatic heterocycles. The molecule has 0 bridgehead atoms. The average molecular weight is 370 g/mol. The molecule has 1 heterocycles. The molecule has 1 saturated carbocycles. The number of aliphatic imine (C=N–C) groups is 1. The highest BCUT2D eigenvalue weighted by Gasteiger charge is 2.16. The van der Waals surface area contributed by atoms with Gasteiger partial charge in [-0.3, -0.25) is 4.79 Å². The van der Waals surface area contributed by atoms with E-state index in [1.165, 1.54) is 47.8 Å². The predicted molar refractivity (Wildman–Crippen MR) is 111 cm³/mol. The van der Waals surface area contributed by atoms with Gasteiger partial charge in [-0.1, -0.05) is 31.0 Å². The molecule has 6 heteroatoms. The van der Waals surface area contributed by atoms with Gasteiger partial charge in [0.25, 0.3) is 0 Å². The van der Waals surface area contributed by atoms with Crippen molar-refractivity contribution in [3.63, 3.8) is 0 Å². The minimum absolute atomic E-state index is 0.00925.